The Kier molecular flexibility index (Phi) is 7.47. The van der Waals surface area contributed by atoms with E-state index in [2.05, 4.69) is 139 Å². The van der Waals surface area contributed by atoms with Gasteiger partial charge in [0.15, 0.2) is 12.1 Å². The number of ether oxygens (including phenoxy) is 1. The van der Waals surface area contributed by atoms with Crippen molar-refractivity contribution in [2.75, 3.05) is 5.32 Å². The van der Waals surface area contributed by atoms with Crippen LogP contribution in [0, 0.1) is 0 Å². The maximum Gasteiger partial charge on any atom is 0.196 e. The molecule has 1 aliphatic rings. The van der Waals surface area contributed by atoms with Gasteiger partial charge in [0.25, 0.3) is 0 Å². The highest BCUT2D eigenvalue weighted by Gasteiger charge is 2.27. The first-order valence-electron chi connectivity index (χ1n) is 17.8. The van der Waals surface area contributed by atoms with Gasteiger partial charge in [-0.05, 0) is 35.4 Å². The summed E-state index contributed by atoms with van der Waals surface area (Å²) >= 11 is 0. The van der Waals surface area contributed by atoms with E-state index in [1.165, 1.54) is 5.56 Å². The number of benzene rings is 7. The zero-order valence-corrected chi connectivity index (χ0v) is 28.6. The summed E-state index contributed by atoms with van der Waals surface area (Å²) in [4.78, 5) is 15.4. The predicted octanol–water partition coefficient (Wildman–Crippen LogP) is 12.0. The Morgan fingerprint density at radius 3 is 1.70 bits per heavy atom. The minimum Gasteiger partial charge on any atom is -0.464 e. The molecule has 2 aromatic heterocycles. The molecule has 5 nitrogen and oxygen atoms in total. The number of pyridine rings is 1. The summed E-state index contributed by atoms with van der Waals surface area (Å²) in [7, 11) is 0. The van der Waals surface area contributed by atoms with Crippen LogP contribution in [0.15, 0.2) is 182 Å². The number of nitrogens with zero attached hydrogens (tertiary/aromatic N) is 3. The van der Waals surface area contributed by atoms with Gasteiger partial charge in [-0.25, -0.2) is 15.0 Å². The molecule has 0 saturated heterocycles. The van der Waals surface area contributed by atoms with Crippen LogP contribution >= 0.6 is 0 Å². The number of rotatable bonds is 6. The lowest BCUT2D eigenvalue weighted by molar-refractivity contribution is 0.260. The molecule has 1 N–H and O–H groups in total. The van der Waals surface area contributed by atoms with Crippen molar-refractivity contribution in [3.8, 4) is 62.0 Å². The van der Waals surface area contributed by atoms with Gasteiger partial charge in [0.2, 0.25) is 0 Å². The molecule has 0 spiro atoms. The number of anilines is 1. The van der Waals surface area contributed by atoms with E-state index in [4.69, 9.17) is 19.7 Å². The van der Waals surface area contributed by atoms with Crippen LogP contribution in [0.3, 0.4) is 0 Å². The summed E-state index contributed by atoms with van der Waals surface area (Å²) < 4.78 is 6.43. The minimum atomic E-state index is -0.258. The van der Waals surface area contributed by atoms with Crippen molar-refractivity contribution in [3.05, 3.63) is 188 Å². The number of hydrogen-bond acceptors (Lipinski definition) is 5. The fourth-order valence-electron chi connectivity index (χ4n) is 7.27. The van der Waals surface area contributed by atoms with Gasteiger partial charge in [-0.3, -0.25) is 0 Å². The molecular weight excluding hydrogens is 649 g/mol. The normalized spacial score (nSPS) is 13.4. The van der Waals surface area contributed by atoms with Gasteiger partial charge < -0.3 is 10.1 Å². The molecule has 0 radical (unpaired) electrons. The van der Waals surface area contributed by atoms with E-state index in [1.807, 2.05) is 48.5 Å². The molecule has 53 heavy (non-hydrogen) atoms. The lowest BCUT2D eigenvalue weighted by atomic mass is 9.97. The van der Waals surface area contributed by atoms with Crippen molar-refractivity contribution in [1.82, 2.24) is 15.0 Å². The van der Waals surface area contributed by atoms with E-state index in [-0.39, 0.29) is 6.23 Å². The molecule has 3 heterocycles. The standard InChI is InChI=1S/C48H32N4O/c1-4-12-31(13-5-1)32-20-26-36(27-21-32)47-50-41(33-14-6-2-7-15-33)30-42(51-47)34-22-24-35(25-23-34)45-39-28-29-43-46(44(39)38-18-10-11-19-40(38)49-45)52-48(53-43)37-16-8-3-9-17-37/h1-30,48,52H. The molecular formula is C48H32N4O. The van der Waals surface area contributed by atoms with Crippen LogP contribution < -0.4 is 10.1 Å². The van der Waals surface area contributed by atoms with Gasteiger partial charge in [0.1, 0.15) is 5.75 Å². The van der Waals surface area contributed by atoms with E-state index in [1.54, 1.807) is 0 Å². The largest absolute Gasteiger partial charge is 0.464 e. The van der Waals surface area contributed by atoms with Gasteiger partial charge in [-0.1, -0.05) is 158 Å². The fraction of sp³-hybridized carbons (Fsp3) is 0.0208. The average Bonchev–Trinajstić information content (AvgIpc) is 3.69. The van der Waals surface area contributed by atoms with E-state index in [0.29, 0.717) is 5.82 Å². The third kappa shape index (κ3) is 5.65. The van der Waals surface area contributed by atoms with Crippen LogP contribution in [0.1, 0.15) is 11.8 Å². The van der Waals surface area contributed by atoms with Crippen LogP contribution in [-0.4, -0.2) is 15.0 Å². The van der Waals surface area contributed by atoms with E-state index in [0.717, 1.165) is 83.6 Å². The fourth-order valence-corrected chi connectivity index (χ4v) is 7.27. The second-order valence-electron chi connectivity index (χ2n) is 13.2. The number of para-hydroxylation sites is 1. The lowest BCUT2D eigenvalue weighted by Gasteiger charge is -2.14. The van der Waals surface area contributed by atoms with Crippen LogP contribution in [0.2, 0.25) is 0 Å². The molecule has 0 aliphatic carbocycles. The number of hydrogen-bond donors (Lipinski definition) is 1. The Labute approximate surface area is 307 Å². The van der Waals surface area contributed by atoms with Crippen molar-refractivity contribution in [2.45, 2.75) is 6.23 Å². The minimum absolute atomic E-state index is 0.258. The second-order valence-corrected chi connectivity index (χ2v) is 13.2. The zero-order chi connectivity index (χ0) is 35.1. The summed E-state index contributed by atoms with van der Waals surface area (Å²) in [6.45, 7) is 0. The number of fused-ring (bicyclic) bond motifs is 5. The molecule has 7 aromatic carbocycles. The smallest absolute Gasteiger partial charge is 0.196 e. The quantitative estimate of drug-likeness (QED) is 0.177. The van der Waals surface area contributed by atoms with Gasteiger partial charge in [0, 0.05) is 44.0 Å². The van der Waals surface area contributed by atoms with Gasteiger partial charge in [-0.15, -0.1) is 0 Å². The maximum absolute atomic E-state index is 6.43. The Bertz CT molecular complexity index is 2750. The zero-order valence-electron chi connectivity index (χ0n) is 28.6. The monoisotopic (exact) mass is 680 g/mol. The van der Waals surface area contributed by atoms with E-state index in [9.17, 15) is 0 Å². The van der Waals surface area contributed by atoms with Crippen molar-refractivity contribution in [3.63, 3.8) is 0 Å². The molecule has 5 heteroatoms. The Morgan fingerprint density at radius 2 is 0.981 bits per heavy atom. The lowest BCUT2D eigenvalue weighted by Crippen LogP contribution is -2.09. The van der Waals surface area contributed by atoms with E-state index < -0.39 is 0 Å². The van der Waals surface area contributed by atoms with Crippen molar-refractivity contribution < 1.29 is 4.74 Å². The highest BCUT2D eigenvalue weighted by Crippen LogP contribution is 2.47. The highest BCUT2D eigenvalue weighted by atomic mass is 16.5. The summed E-state index contributed by atoms with van der Waals surface area (Å²) in [5.41, 5.74) is 12.0. The molecule has 9 aromatic rings. The Balaban J connectivity index is 1.05. The Morgan fingerprint density at radius 1 is 0.434 bits per heavy atom. The molecule has 250 valence electrons. The second kappa shape index (κ2) is 12.9. The molecule has 0 saturated carbocycles. The van der Waals surface area contributed by atoms with E-state index >= 15 is 0 Å². The van der Waals surface area contributed by atoms with Crippen LogP contribution in [0.25, 0.3) is 78.0 Å². The van der Waals surface area contributed by atoms with Crippen LogP contribution in [0.4, 0.5) is 5.69 Å². The van der Waals surface area contributed by atoms with Crippen molar-refractivity contribution in [1.29, 1.82) is 0 Å². The third-order valence-corrected chi connectivity index (χ3v) is 9.95. The molecule has 0 bridgehead atoms. The summed E-state index contributed by atoms with van der Waals surface area (Å²) in [5, 5.41) is 6.94. The Hall–Kier alpha value is -7.11. The predicted molar refractivity (Wildman–Crippen MR) is 215 cm³/mol. The maximum atomic E-state index is 6.43. The van der Waals surface area contributed by atoms with Crippen LogP contribution in [0.5, 0.6) is 5.75 Å². The molecule has 0 amide bonds. The highest BCUT2D eigenvalue weighted by molar-refractivity contribution is 6.17. The topological polar surface area (TPSA) is 59.9 Å². The average molecular weight is 681 g/mol. The van der Waals surface area contributed by atoms with Crippen molar-refractivity contribution >= 4 is 27.4 Å². The molecule has 1 unspecified atom stereocenters. The van der Waals surface area contributed by atoms with Crippen molar-refractivity contribution in [2.24, 2.45) is 0 Å². The number of aromatic nitrogens is 3. The first kappa shape index (κ1) is 30.7. The number of nitrogens with one attached hydrogen (secondary N) is 1. The summed E-state index contributed by atoms with van der Waals surface area (Å²) in [5.74, 6) is 1.53. The molecule has 10 rings (SSSR count). The summed E-state index contributed by atoms with van der Waals surface area (Å²) in [6.07, 6.45) is -0.258. The molecule has 0 fully saturated rings. The molecule has 1 atom stereocenters. The first-order valence-corrected chi connectivity index (χ1v) is 17.8. The van der Waals surface area contributed by atoms with Crippen LogP contribution in [-0.2, 0) is 0 Å². The SMILES string of the molecule is c1ccc(-c2ccc(-c3nc(-c4ccccc4)cc(-c4ccc(-c5nc6ccccc6c6c7c(ccc56)OC(c5ccccc5)N7)cc4)n3)cc2)cc1. The van der Waals surface area contributed by atoms with Gasteiger partial charge in [0.05, 0.1) is 28.3 Å². The molecule has 1 aliphatic heterocycles. The van der Waals surface area contributed by atoms with Gasteiger partial charge >= 0.3 is 0 Å². The van der Waals surface area contributed by atoms with Gasteiger partial charge in [-0.2, -0.15) is 0 Å². The summed E-state index contributed by atoms with van der Waals surface area (Å²) in [6, 6.07) is 62.6. The first-order chi connectivity index (χ1) is 26.2. The third-order valence-electron chi connectivity index (χ3n) is 9.95.